The molecule has 0 amide bonds. The van der Waals surface area contributed by atoms with Crippen molar-refractivity contribution in [3.63, 3.8) is 0 Å². The molecular weight excluding hydrogens is 235 g/mol. The third-order valence-corrected chi connectivity index (χ3v) is 1.25. The Balaban J connectivity index is 4.64. The molecule has 0 atom stereocenters. The van der Waals surface area contributed by atoms with E-state index in [4.69, 9.17) is 16.7 Å². The number of carboxylic acid groups (broad SMARTS) is 1. The molecule has 0 aromatic heterocycles. The smallest absolute Gasteiger partial charge is 0.395 e. The van der Waals surface area contributed by atoms with Crippen LogP contribution < -0.4 is 0 Å². The maximum absolute atomic E-state index is 12.4. The van der Waals surface area contributed by atoms with Crippen molar-refractivity contribution in [1.29, 1.82) is 0 Å². The molecule has 14 heavy (non-hydrogen) atoms. The second-order valence-corrected chi connectivity index (χ2v) is 2.76. The summed E-state index contributed by atoms with van der Waals surface area (Å²) in [5.74, 6) is -6.22. The maximum Gasteiger partial charge on any atom is 0.395 e. The fraction of sp³-hybridized carbons (Fsp3) is 0.500. The molecule has 0 spiro atoms. The number of rotatable bonds is 3. The number of carbonyl (C=O) groups is 1. The second-order valence-electron chi connectivity index (χ2n) is 2.35. The number of allylic oxidation sites excluding steroid dienone is 1. The van der Waals surface area contributed by atoms with Gasteiger partial charge in [-0.15, -0.1) is 0 Å². The topological polar surface area (TPSA) is 37.3 Å². The van der Waals surface area contributed by atoms with Crippen molar-refractivity contribution >= 4 is 17.6 Å². The summed E-state index contributed by atoms with van der Waals surface area (Å²) in [6, 6.07) is 0. The van der Waals surface area contributed by atoms with Gasteiger partial charge >= 0.3 is 12.1 Å². The number of alkyl halides is 5. The molecule has 0 saturated heterocycles. The van der Waals surface area contributed by atoms with Crippen molar-refractivity contribution in [1.82, 2.24) is 0 Å². The molecule has 1 N–H and O–H groups in total. The highest BCUT2D eigenvalue weighted by Crippen LogP contribution is 2.33. The minimum Gasteiger partial charge on any atom is -0.477 e. The van der Waals surface area contributed by atoms with Crippen LogP contribution in [0.3, 0.4) is 0 Å². The van der Waals surface area contributed by atoms with Gasteiger partial charge in [-0.1, -0.05) is 11.6 Å². The van der Waals surface area contributed by atoms with Crippen molar-refractivity contribution in [2.24, 2.45) is 0 Å². The lowest BCUT2D eigenvalue weighted by molar-refractivity contribution is -0.175. The lowest BCUT2D eigenvalue weighted by Crippen LogP contribution is -2.24. The SMILES string of the molecule is O=C(O)C(Cl)=CC(F)(F)CC(F)(F)F. The highest BCUT2D eigenvalue weighted by atomic mass is 35.5. The summed E-state index contributed by atoms with van der Waals surface area (Å²) in [6.07, 6.45) is -7.97. The van der Waals surface area contributed by atoms with Crippen LogP contribution in [0.25, 0.3) is 0 Å². The summed E-state index contributed by atoms with van der Waals surface area (Å²) in [6.45, 7) is 0. The molecule has 0 aromatic rings. The lowest BCUT2D eigenvalue weighted by Gasteiger charge is -2.13. The predicted molar refractivity (Wildman–Crippen MR) is 37.2 cm³/mol. The van der Waals surface area contributed by atoms with Gasteiger partial charge in [0.2, 0.25) is 0 Å². The highest BCUT2D eigenvalue weighted by molar-refractivity contribution is 6.40. The summed E-state index contributed by atoms with van der Waals surface area (Å²) in [5, 5.41) is 6.68. The molecule has 0 aliphatic carbocycles. The number of carboxylic acids is 1. The number of hydrogen-bond acceptors (Lipinski definition) is 1. The van der Waals surface area contributed by atoms with Crippen LogP contribution >= 0.6 is 11.6 Å². The molecule has 8 heteroatoms. The molecule has 0 unspecified atom stereocenters. The first-order valence-electron chi connectivity index (χ1n) is 3.10. The van der Waals surface area contributed by atoms with Crippen LogP contribution in [0.2, 0.25) is 0 Å². The summed E-state index contributed by atoms with van der Waals surface area (Å²) >= 11 is 4.74. The van der Waals surface area contributed by atoms with Crippen LogP contribution in [-0.4, -0.2) is 23.2 Å². The zero-order valence-electron chi connectivity index (χ0n) is 6.41. The van der Waals surface area contributed by atoms with Gasteiger partial charge in [0.05, 0.1) is 0 Å². The maximum atomic E-state index is 12.4. The molecule has 0 aromatic carbocycles. The van der Waals surface area contributed by atoms with Crippen molar-refractivity contribution in [3.8, 4) is 0 Å². The molecule has 82 valence electrons. The minimum atomic E-state index is -5.09. The van der Waals surface area contributed by atoms with Crippen LogP contribution in [0.4, 0.5) is 22.0 Å². The van der Waals surface area contributed by atoms with Crippen LogP contribution in [0.1, 0.15) is 6.42 Å². The molecule has 0 aliphatic heterocycles. The van der Waals surface area contributed by atoms with E-state index in [0.717, 1.165) is 0 Å². The average molecular weight is 239 g/mol. The van der Waals surface area contributed by atoms with Crippen molar-refractivity contribution < 1.29 is 31.9 Å². The lowest BCUT2D eigenvalue weighted by atomic mass is 10.2. The Morgan fingerprint density at radius 3 is 2.00 bits per heavy atom. The van der Waals surface area contributed by atoms with Gasteiger partial charge in [0.25, 0.3) is 5.92 Å². The summed E-state index contributed by atoms with van der Waals surface area (Å²) in [4.78, 5) is 9.93. The third kappa shape index (κ3) is 5.74. The van der Waals surface area contributed by atoms with E-state index in [1.165, 1.54) is 0 Å². The summed E-state index contributed by atoms with van der Waals surface area (Å²) in [7, 11) is 0. The van der Waals surface area contributed by atoms with Crippen LogP contribution in [0, 0.1) is 0 Å². The zero-order chi connectivity index (χ0) is 11.6. The Hall–Kier alpha value is -0.850. The van der Waals surface area contributed by atoms with E-state index in [-0.39, 0.29) is 0 Å². The number of aliphatic carboxylic acids is 1. The Bertz CT molecular complexity index is 257. The Morgan fingerprint density at radius 1 is 1.29 bits per heavy atom. The van der Waals surface area contributed by atoms with Gasteiger partial charge in [0.15, 0.2) is 0 Å². The first-order chi connectivity index (χ1) is 6.03. The first kappa shape index (κ1) is 13.2. The fourth-order valence-electron chi connectivity index (χ4n) is 0.565. The normalized spacial score (nSPS) is 14.3. The van der Waals surface area contributed by atoms with Gasteiger partial charge < -0.3 is 5.11 Å². The molecule has 0 fully saturated rings. The standard InChI is InChI=1S/C6H4ClF5O2/c7-3(4(13)14)1-5(8,9)2-6(10,11)12/h1H,2H2,(H,13,14). The predicted octanol–water partition coefficient (Wildman–Crippen LogP) is 2.78. The molecule has 2 nitrogen and oxygen atoms in total. The van der Waals surface area contributed by atoms with E-state index < -0.39 is 35.6 Å². The van der Waals surface area contributed by atoms with Crippen LogP contribution in [-0.2, 0) is 4.79 Å². The van der Waals surface area contributed by atoms with Crippen LogP contribution in [0.15, 0.2) is 11.1 Å². The molecular formula is C6H4ClF5O2. The molecule has 0 heterocycles. The van der Waals surface area contributed by atoms with Crippen molar-refractivity contribution in [2.45, 2.75) is 18.5 Å². The van der Waals surface area contributed by atoms with E-state index in [2.05, 4.69) is 0 Å². The Morgan fingerprint density at radius 2 is 1.71 bits per heavy atom. The third-order valence-electron chi connectivity index (χ3n) is 0.978. The monoisotopic (exact) mass is 238 g/mol. The fourth-order valence-corrected chi connectivity index (χ4v) is 0.725. The molecule has 0 bridgehead atoms. The largest absolute Gasteiger partial charge is 0.477 e. The highest BCUT2D eigenvalue weighted by Gasteiger charge is 2.42. The summed E-state index contributed by atoms with van der Waals surface area (Å²) in [5.41, 5.74) is 0. The van der Waals surface area contributed by atoms with E-state index in [1.54, 1.807) is 0 Å². The zero-order valence-corrected chi connectivity index (χ0v) is 7.16. The quantitative estimate of drug-likeness (QED) is 0.606. The van der Waals surface area contributed by atoms with E-state index >= 15 is 0 Å². The molecule has 0 rings (SSSR count). The second kappa shape index (κ2) is 4.12. The molecule has 0 saturated carbocycles. The average Bonchev–Trinajstić information content (AvgIpc) is 1.78. The van der Waals surface area contributed by atoms with E-state index in [0.29, 0.717) is 0 Å². The van der Waals surface area contributed by atoms with Gasteiger partial charge in [-0.2, -0.15) is 13.2 Å². The van der Waals surface area contributed by atoms with E-state index in [1.807, 2.05) is 0 Å². The number of halogens is 6. The van der Waals surface area contributed by atoms with Crippen molar-refractivity contribution in [3.05, 3.63) is 11.1 Å². The number of hydrogen-bond donors (Lipinski definition) is 1. The Labute approximate surface area is 80.0 Å². The van der Waals surface area contributed by atoms with Gasteiger partial charge in [0, 0.05) is 6.08 Å². The summed E-state index contributed by atoms with van der Waals surface area (Å²) < 4.78 is 59.3. The van der Waals surface area contributed by atoms with Gasteiger partial charge in [-0.3, -0.25) is 0 Å². The van der Waals surface area contributed by atoms with Crippen LogP contribution in [0.5, 0.6) is 0 Å². The molecule has 0 aliphatic rings. The van der Waals surface area contributed by atoms with Gasteiger partial charge in [0.1, 0.15) is 11.5 Å². The van der Waals surface area contributed by atoms with Gasteiger partial charge in [-0.25, -0.2) is 13.6 Å². The van der Waals surface area contributed by atoms with Gasteiger partial charge in [-0.05, 0) is 0 Å². The van der Waals surface area contributed by atoms with E-state index in [9.17, 15) is 26.7 Å². The minimum absolute atomic E-state index is 0.440. The first-order valence-corrected chi connectivity index (χ1v) is 3.47. The Kier molecular flexibility index (Phi) is 3.87. The van der Waals surface area contributed by atoms with Crippen molar-refractivity contribution in [2.75, 3.05) is 0 Å². The molecule has 0 radical (unpaired) electrons.